The van der Waals surface area contributed by atoms with Crippen LogP contribution in [0, 0.1) is 17.3 Å². The van der Waals surface area contributed by atoms with Gasteiger partial charge in [0.05, 0.1) is 5.60 Å². The minimum atomic E-state index is -0.733. The molecular weight excluding hydrogens is 394 g/mol. The number of carbonyl (C=O) groups excluding carboxylic acids is 1. The number of hydrogen-bond acceptors (Lipinski definition) is 3. The van der Waals surface area contributed by atoms with Crippen molar-refractivity contribution in [3.8, 4) is 0 Å². The van der Waals surface area contributed by atoms with Gasteiger partial charge < -0.3 is 10.0 Å². The van der Waals surface area contributed by atoms with Crippen LogP contribution in [-0.2, 0) is 4.79 Å². The predicted octanol–water partition coefficient (Wildman–Crippen LogP) is 5.96. The van der Waals surface area contributed by atoms with Crippen molar-refractivity contribution in [2.24, 2.45) is 17.3 Å². The normalized spacial score (nSPS) is 36.6. The summed E-state index contributed by atoms with van der Waals surface area (Å²) in [6.45, 7) is 4.38. The van der Waals surface area contributed by atoms with Crippen LogP contribution in [-0.4, -0.2) is 30.6 Å². The number of ketones is 1. The SMILES string of the molecule is C/C=C/[C@]1(O)CC[C@H]2[C@@H]3CCC4=CC(=O)CCC4=C3[C@@H](c3ccc(N(C)C)cc3)C[C@@]21C. The number of aliphatic hydroxyl groups is 1. The summed E-state index contributed by atoms with van der Waals surface area (Å²) in [5.74, 6) is 1.60. The van der Waals surface area contributed by atoms with Crippen molar-refractivity contribution in [3.05, 3.63) is 64.8 Å². The predicted molar refractivity (Wildman–Crippen MR) is 131 cm³/mol. The quantitative estimate of drug-likeness (QED) is 0.600. The van der Waals surface area contributed by atoms with Gasteiger partial charge in [-0.3, -0.25) is 4.79 Å². The Balaban J connectivity index is 1.66. The zero-order valence-corrected chi connectivity index (χ0v) is 20.0. The number of anilines is 1. The molecule has 0 aromatic heterocycles. The number of hydrogen-bond donors (Lipinski definition) is 1. The molecule has 5 rings (SSSR count). The van der Waals surface area contributed by atoms with Gasteiger partial charge >= 0.3 is 0 Å². The summed E-state index contributed by atoms with van der Waals surface area (Å²) in [4.78, 5) is 14.3. The van der Waals surface area contributed by atoms with Crippen LogP contribution in [0.3, 0.4) is 0 Å². The molecule has 0 unspecified atom stereocenters. The second-order valence-electron chi connectivity index (χ2n) is 10.9. The lowest BCUT2D eigenvalue weighted by Crippen LogP contribution is -2.50. The van der Waals surface area contributed by atoms with Crippen LogP contribution in [0.25, 0.3) is 0 Å². The summed E-state index contributed by atoms with van der Waals surface area (Å²) >= 11 is 0. The fourth-order valence-electron chi connectivity index (χ4n) is 7.55. The second kappa shape index (κ2) is 7.73. The van der Waals surface area contributed by atoms with Crippen molar-refractivity contribution in [1.82, 2.24) is 0 Å². The maximum atomic E-state index is 12.2. The molecule has 4 aliphatic rings. The molecule has 1 aromatic carbocycles. The molecule has 3 heteroatoms. The van der Waals surface area contributed by atoms with Gasteiger partial charge in [0.2, 0.25) is 0 Å². The van der Waals surface area contributed by atoms with Gasteiger partial charge in [0.25, 0.3) is 0 Å². The highest BCUT2D eigenvalue weighted by Crippen LogP contribution is 2.67. The van der Waals surface area contributed by atoms with Gasteiger partial charge in [-0.25, -0.2) is 0 Å². The maximum Gasteiger partial charge on any atom is 0.156 e. The van der Waals surface area contributed by atoms with Gasteiger partial charge in [-0.15, -0.1) is 0 Å². The van der Waals surface area contributed by atoms with E-state index in [1.54, 1.807) is 5.57 Å². The first-order valence-electron chi connectivity index (χ1n) is 12.4. The number of allylic oxidation sites excluding steroid dienone is 5. The monoisotopic (exact) mass is 431 g/mol. The van der Waals surface area contributed by atoms with Crippen LogP contribution in [0.1, 0.15) is 70.3 Å². The summed E-state index contributed by atoms with van der Waals surface area (Å²) in [5.41, 5.74) is 6.07. The van der Waals surface area contributed by atoms with Gasteiger partial charge in [0.1, 0.15) is 0 Å². The molecule has 0 aliphatic heterocycles. The third-order valence-corrected chi connectivity index (χ3v) is 9.20. The molecule has 32 heavy (non-hydrogen) atoms. The lowest BCUT2D eigenvalue weighted by Gasteiger charge is -2.54. The van der Waals surface area contributed by atoms with Crippen LogP contribution in [0.5, 0.6) is 0 Å². The molecule has 0 heterocycles. The summed E-state index contributed by atoms with van der Waals surface area (Å²) in [5, 5.41) is 11.8. The molecule has 170 valence electrons. The lowest BCUT2D eigenvalue weighted by molar-refractivity contribution is -0.114. The molecule has 0 bridgehead atoms. The molecule has 1 N–H and O–H groups in total. The molecule has 4 aliphatic carbocycles. The smallest absolute Gasteiger partial charge is 0.156 e. The number of benzene rings is 1. The molecule has 3 nitrogen and oxygen atoms in total. The van der Waals surface area contributed by atoms with E-state index in [0.717, 1.165) is 38.5 Å². The zero-order chi connectivity index (χ0) is 22.7. The van der Waals surface area contributed by atoms with Gasteiger partial charge in [-0.1, -0.05) is 36.8 Å². The number of nitrogens with zero attached hydrogens (tertiary/aromatic N) is 1. The summed E-state index contributed by atoms with van der Waals surface area (Å²) in [6, 6.07) is 9.04. The Morgan fingerprint density at radius 1 is 1.09 bits per heavy atom. The minimum absolute atomic E-state index is 0.134. The summed E-state index contributed by atoms with van der Waals surface area (Å²) < 4.78 is 0. The van der Waals surface area contributed by atoms with E-state index in [2.05, 4.69) is 56.3 Å². The Kier molecular flexibility index (Phi) is 5.24. The van der Waals surface area contributed by atoms with Crippen LogP contribution in [0.4, 0.5) is 5.69 Å². The molecule has 2 fully saturated rings. The van der Waals surface area contributed by atoms with Crippen molar-refractivity contribution in [2.45, 2.75) is 70.3 Å². The average molecular weight is 432 g/mol. The highest BCUT2D eigenvalue weighted by molar-refractivity contribution is 5.93. The molecule has 5 atom stereocenters. The van der Waals surface area contributed by atoms with Crippen molar-refractivity contribution < 1.29 is 9.90 Å². The van der Waals surface area contributed by atoms with Crippen molar-refractivity contribution in [1.29, 1.82) is 0 Å². The summed E-state index contributed by atoms with van der Waals surface area (Å²) in [7, 11) is 4.16. The summed E-state index contributed by atoms with van der Waals surface area (Å²) in [6.07, 6.45) is 12.6. The molecule has 0 spiro atoms. The van der Waals surface area contributed by atoms with Gasteiger partial charge in [-0.05, 0) is 92.2 Å². The largest absolute Gasteiger partial charge is 0.385 e. The van der Waals surface area contributed by atoms with E-state index in [-0.39, 0.29) is 5.41 Å². The lowest BCUT2D eigenvalue weighted by atomic mass is 9.51. The average Bonchev–Trinajstić information content (AvgIpc) is 3.03. The minimum Gasteiger partial charge on any atom is -0.385 e. The first-order chi connectivity index (χ1) is 15.3. The number of carbonyl (C=O) groups is 1. The van der Waals surface area contributed by atoms with E-state index < -0.39 is 5.60 Å². The maximum absolute atomic E-state index is 12.2. The zero-order valence-electron chi connectivity index (χ0n) is 20.0. The van der Waals surface area contributed by atoms with Crippen LogP contribution >= 0.6 is 0 Å². The van der Waals surface area contributed by atoms with E-state index in [0.29, 0.717) is 30.0 Å². The molecule has 0 radical (unpaired) electrons. The fourth-order valence-corrected chi connectivity index (χ4v) is 7.55. The van der Waals surface area contributed by atoms with Gasteiger partial charge in [0.15, 0.2) is 5.78 Å². The van der Waals surface area contributed by atoms with Crippen LogP contribution in [0.15, 0.2) is 59.2 Å². The van der Waals surface area contributed by atoms with Crippen molar-refractivity contribution >= 4 is 11.5 Å². The Morgan fingerprint density at radius 2 is 1.84 bits per heavy atom. The van der Waals surface area contributed by atoms with Gasteiger partial charge in [-0.2, -0.15) is 0 Å². The number of fused-ring (bicyclic) bond motifs is 4. The van der Waals surface area contributed by atoms with E-state index in [9.17, 15) is 9.90 Å². The molecule has 0 saturated heterocycles. The second-order valence-corrected chi connectivity index (χ2v) is 10.9. The Morgan fingerprint density at radius 3 is 2.53 bits per heavy atom. The topological polar surface area (TPSA) is 40.5 Å². The van der Waals surface area contributed by atoms with E-state index in [1.165, 1.54) is 22.4 Å². The van der Waals surface area contributed by atoms with E-state index in [1.807, 2.05) is 19.1 Å². The fraction of sp³-hybridized carbons (Fsp3) is 0.552. The third-order valence-electron chi connectivity index (χ3n) is 9.20. The first kappa shape index (κ1) is 21.7. The standard InChI is InChI=1S/C29H37NO2/c1-5-15-29(32)16-14-26-24-12-8-20-17-22(31)11-13-23(20)27(24)25(18-28(26,29)2)19-6-9-21(10-7-19)30(3)4/h5-7,9-10,15,17,24-26,32H,8,11-14,16,18H2,1-4H3/b15-5+/t24-,25+,26-,28-,29-/m0/s1. The Hall–Kier alpha value is -2.13. The molecular formula is C29H37NO2. The van der Waals surface area contributed by atoms with Gasteiger partial charge in [0, 0.05) is 37.5 Å². The first-order valence-corrected chi connectivity index (χ1v) is 12.4. The highest BCUT2D eigenvalue weighted by atomic mass is 16.3. The molecule has 2 saturated carbocycles. The van der Waals surface area contributed by atoms with Crippen LogP contribution in [0.2, 0.25) is 0 Å². The van der Waals surface area contributed by atoms with E-state index >= 15 is 0 Å². The van der Waals surface area contributed by atoms with Crippen molar-refractivity contribution in [3.63, 3.8) is 0 Å². The van der Waals surface area contributed by atoms with Crippen LogP contribution < -0.4 is 4.90 Å². The number of rotatable bonds is 3. The third kappa shape index (κ3) is 3.15. The Labute approximate surface area is 192 Å². The molecule has 0 amide bonds. The molecule has 1 aromatic rings. The highest BCUT2D eigenvalue weighted by Gasteiger charge is 2.61. The van der Waals surface area contributed by atoms with E-state index in [4.69, 9.17) is 0 Å². The Bertz CT molecular complexity index is 1010. The van der Waals surface area contributed by atoms with Crippen molar-refractivity contribution in [2.75, 3.05) is 19.0 Å².